The fraction of sp³-hybridized carbons (Fsp3) is 0.647. The van der Waals surface area contributed by atoms with Crippen molar-refractivity contribution >= 4 is 0 Å². The zero-order chi connectivity index (χ0) is 18.2. The minimum Gasteiger partial charge on any atom is -0.359 e. The van der Waals surface area contributed by atoms with Gasteiger partial charge in [0.25, 0.3) is 0 Å². The lowest BCUT2D eigenvalue weighted by atomic mass is 9.83. The highest BCUT2D eigenvalue weighted by atomic mass is 19.4. The standard InChI is InChI=1S/C17H23F3N4O/c1-11-13(9-21-24(11)3)15-8-12(25-22-15)10-23(2)16-7-5-4-6-14(16)17(18,19)20/h8-9,14,16H,4-7,10H2,1-3H3/t14-,16+/m1/s1. The van der Waals surface area contributed by atoms with Gasteiger partial charge in [0.1, 0.15) is 5.69 Å². The smallest absolute Gasteiger partial charge is 0.359 e. The van der Waals surface area contributed by atoms with Gasteiger partial charge in [0.15, 0.2) is 5.76 Å². The molecule has 0 unspecified atom stereocenters. The van der Waals surface area contributed by atoms with Crippen molar-refractivity contribution in [1.29, 1.82) is 0 Å². The molecular formula is C17H23F3N4O. The van der Waals surface area contributed by atoms with Crippen LogP contribution in [-0.4, -0.2) is 39.1 Å². The molecule has 25 heavy (non-hydrogen) atoms. The Morgan fingerprint density at radius 2 is 2.04 bits per heavy atom. The average molecular weight is 356 g/mol. The van der Waals surface area contributed by atoms with Crippen LogP contribution in [0.15, 0.2) is 16.8 Å². The maximum absolute atomic E-state index is 13.3. The molecule has 138 valence electrons. The lowest BCUT2D eigenvalue weighted by Gasteiger charge is -2.38. The SMILES string of the molecule is Cc1c(-c2cc(CN(C)[C@H]3CCCC[C@H]3C(F)(F)F)on2)cnn1C. The lowest BCUT2D eigenvalue weighted by molar-refractivity contribution is -0.198. The van der Waals surface area contributed by atoms with Gasteiger partial charge in [0.2, 0.25) is 0 Å². The topological polar surface area (TPSA) is 47.1 Å². The summed E-state index contributed by atoms with van der Waals surface area (Å²) in [7, 11) is 3.57. The highest BCUT2D eigenvalue weighted by Crippen LogP contribution is 2.40. The quantitative estimate of drug-likeness (QED) is 0.833. The van der Waals surface area contributed by atoms with Crippen LogP contribution >= 0.6 is 0 Å². The van der Waals surface area contributed by atoms with Crippen LogP contribution in [0.25, 0.3) is 11.3 Å². The van der Waals surface area contributed by atoms with Crippen molar-refractivity contribution in [3.8, 4) is 11.3 Å². The first-order valence-corrected chi connectivity index (χ1v) is 8.49. The normalized spacial score (nSPS) is 21.9. The van der Waals surface area contributed by atoms with Crippen LogP contribution < -0.4 is 0 Å². The summed E-state index contributed by atoms with van der Waals surface area (Å²) in [5.74, 6) is -0.707. The third kappa shape index (κ3) is 3.73. The first kappa shape index (κ1) is 18.0. The van der Waals surface area contributed by atoms with E-state index in [4.69, 9.17) is 4.52 Å². The van der Waals surface area contributed by atoms with Crippen molar-refractivity contribution < 1.29 is 17.7 Å². The van der Waals surface area contributed by atoms with Gasteiger partial charge in [-0.3, -0.25) is 9.58 Å². The van der Waals surface area contributed by atoms with Crippen LogP contribution in [0.4, 0.5) is 13.2 Å². The predicted molar refractivity (Wildman–Crippen MR) is 86.7 cm³/mol. The Morgan fingerprint density at radius 3 is 2.68 bits per heavy atom. The Kier molecular flexibility index (Phi) is 4.90. The van der Waals surface area contributed by atoms with Crippen molar-refractivity contribution in [1.82, 2.24) is 19.8 Å². The van der Waals surface area contributed by atoms with Crippen LogP contribution in [0.5, 0.6) is 0 Å². The Balaban J connectivity index is 1.73. The zero-order valence-corrected chi connectivity index (χ0v) is 14.7. The largest absolute Gasteiger partial charge is 0.393 e. The third-order valence-electron chi connectivity index (χ3n) is 5.19. The maximum Gasteiger partial charge on any atom is 0.393 e. The molecule has 0 spiro atoms. The lowest BCUT2D eigenvalue weighted by Crippen LogP contribution is -2.45. The Morgan fingerprint density at radius 1 is 1.32 bits per heavy atom. The highest BCUT2D eigenvalue weighted by molar-refractivity contribution is 5.60. The molecule has 0 N–H and O–H groups in total. The van der Waals surface area contributed by atoms with Crippen LogP contribution in [0.1, 0.15) is 37.1 Å². The summed E-state index contributed by atoms with van der Waals surface area (Å²) in [6, 6.07) is 1.27. The molecule has 0 aliphatic heterocycles. The molecule has 2 heterocycles. The predicted octanol–water partition coefficient (Wildman–Crippen LogP) is 3.94. The molecule has 0 radical (unpaired) electrons. The number of halogens is 3. The summed E-state index contributed by atoms with van der Waals surface area (Å²) in [4.78, 5) is 1.75. The number of nitrogens with zero attached hydrogens (tertiary/aromatic N) is 4. The van der Waals surface area contributed by atoms with Gasteiger partial charge in [-0.1, -0.05) is 18.0 Å². The maximum atomic E-state index is 13.3. The molecule has 1 fully saturated rings. The summed E-state index contributed by atoms with van der Waals surface area (Å²) in [6.45, 7) is 2.24. The molecule has 1 aliphatic rings. The Labute approximate surface area is 144 Å². The second kappa shape index (κ2) is 6.82. The van der Waals surface area contributed by atoms with E-state index in [-0.39, 0.29) is 6.42 Å². The molecule has 0 saturated heterocycles. The van der Waals surface area contributed by atoms with E-state index in [1.165, 1.54) is 0 Å². The van der Waals surface area contributed by atoms with E-state index < -0.39 is 18.1 Å². The van der Waals surface area contributed by atoms with Crippen LogP contribution in [0.3, 0.4) is 0 Å². The van der Waals surface area contributed by atoms with Gasteiger partial charge in [-0.25, -0.2) is 0 Å². The molecule has 0 amide bonds. The number of hydrogen-bond donors (Lipinski definition) is 0. The number of hydrogen-bond acceptors (Lipinski definition) is 4. The van der Waals surface area contributed by atoms with Gasteiger partial charge < -0.3 is 4.52 Å². The van der Waals surface area contributed by atoms with Crippen molar-refractivity contribution in [2.75, 3.05) is 7.05 Å². The molecule has 0 aromatic carbocycles. The summed E-state index contributed by atoms with van der Waals surface area (Å²) in [5.41, 5.74) is 2.48. The van der Waals surface area contributed by atoms with E-state index in [0.717, 1.165) is 17.7 Å². The van der Waals surface area contributed by atoms with Crippen molar-refractivity contribution in [3.63, 3.8) is 0 Å². The summed E-state index contributed by atoms with van der Waals surface area (Å²) < 4.78 is 47.0. The molecule has 2 aromatic heterocycles. The van der Waals surface area contributed by atoms with E-state index in [1.807, 2.05) is 14.0 Å². The van der Waals surface area contributed by atoms with Crippen LogP contribution in [-0.2, 0) is 13.6 Å². The van der Waals surface area contributed by atoms with E-state index in [1.54, 1.807) is 28.9 Å². The van der Waals surface area contributed by atoms with Crippen molar-refractivity contribution in [3.05, 3.63) is 23.7 Å². The average Bonchev–Trinajstić information content (AvgIpc) is 3.14. The molecule has 3 rings (SSSR count). The second-order valence-corrected chi connectivity index (χ2v) is 6.86. The Hall–Kier alpha value is -1.83. The van der Waals surface area contributed by atoms with Gasteiger partial charge in [0, 0.05) is 30.4 Å². The minimum absolute atomic E-state index is 0.203. The van der Waals surface area contributed by atoms with Gasteiger partial charge in [-0.15, -0.1) is 0 Å². The van der Waals surface area contributed by atoms with Crippen LogP contribution in [0, 0.1) is 12.8 Å². The number of aryl methyl sites for hydroxylation is 1. The molecule has 2 aromatic rings. The molecule has 1 saturated carbocycles. The number of aromatic nitrogens is 3. The van der Waals surface area contributed by atoms with Gasteiger partial charge in [-0.2, -0.15) is 18.3 Å². The highest BCUT2D eigenvalue weighted by Gasteiger charge is 2.46. The summed E-state index contributed by atoms with van der Waals surface area (Å²) in [6.07, 6.45) is -0.210. The van der Waals surface area contributed by atoms with Crippen molar-refractivity contribution in [2.24, 2.45) is 13.0 Å². The van der Waals surface area contributed by atoms with E-state index in [2.05, 4.69) is 10.3 Å². The third-order valence-corrected chi connectivity index (χ3v) is 5.19. The molecule has 1 aliphatic carbocycles. The monoisotopic (exact) mass is 356 g/mol. The summed E-state index contributed by atoms with van der Waals surface area (Å²) >= 11 is 0. The second-order valence-electron chi connectivity index (χ2n) is 6.86. The van der Waals surface area contributed by atoms with Gasteiger partial charge in [-0.05, 0) is 26.8 Å². The van der Waals surface area contributed by atoms with Crippen molar-refractivity contribution in [2.45, 2.75) is 51.4 Å². The van der Waals surface area contributed by atoms with Crippen LogP contribution in [0.2, 0.25) is 0 Å². The van der Waals surface area contributed by atoms with Gasteiger partial charge in [0.05, 0.1) is 18.7 Å². The Bertz CT molecular complexity index is 722. The van der Waals surface area contributed by atoms with Gasteiger partial charge >= 0.3 is 6.18 Å². The molecule has 0 bridgehead atoms. The first-order chi connectivity index (χ1) is 11.8. The number of rotatable bonds is 4. The molecular weight excluding hydrogens is 333 g/mol. The fourth-order valence-corrected chi connectivity index (χ4v) is 3.65. The summed E-state index contributed by atoms with van der Waals surface area (Å²) in [5, 5.41) is 8.22. The number of alkyl halides is 3. The molecule has 8 heteroatoms. The minimum atomic E-state index is -4.15. The van der Waals surface area contributed by atoms with E-state index in [9.17, 15) is 13.2 Å². The fourth-order valence-electron chi connectivity index (χ4n) is 3.65. The first-order valence-electron chi connectivity index (χ1n) is 8.49. The molecule has 2 atom stereocenters. The van der Waals surface area contributed by atoms with E-state index in [0.29, 0.717) is 30.8 Å². The zero-order valence-electron chi connectivity index (χ0n) is 14.7. The molecule has 5 nitrogen and oxygen atoms in total. The van der Waals surface area contributed by atoms with E-state index >= 15 is 0 Å².